The van der Waals surface area contributed by atoms with Crippen LogP contribution in [-0.4, -0.2) is 81.4 Å². The van der Waals surface area contributed by atoms with Crippen molar-refractivity contribution in [3.8, 4) is 5.75 Å². The van der Waals surface area contributed by atoms with E-state index >= 15 is 0 Å². The Morgan fingerprint density at radius 3 is 2.28 bits per heavy atom. The van der Waals surface area contributed by atoms with Crippen LogP contribution in [0.1, 0.15) is 19.3 Å². The standard InChI is InChI=1S/C25H30Cl2FN3O4S/c1-29-13-15-30(16-14-29)23(32)17-25(18-35-20-7-5-19(28)6-8-20)9-11-31(12-10-25)36(33,34)22-4-2-3-21(26)24(22)27/h2-8H,9-18H2,1H3. The Morgan fingerprint density at radius 2 is 1.64 bits per heavy atom. The van der Waals surface area contributed by atoms with Crippen LogP contribution in [0.15, 0.2) is 47.4 Å². The number of piperazine rings is 1. The van der Waals surface area contributed by atoms with Gasteiger partial charge in [0.05, 0.1) is 16.7 Å². The van der Waals surface area contributed by atoms with Crippen molar-refractivity contribution in [3.63, 3.8) is 0 Å². The summed E-state index contributed by atoms with van der Waals surface area (Å²) < 4.78 is 47.3. The van der Waals surface area contributed by atoms with Crippen LogP contribution in [-0.2, 0) is 14.8 Å². The van der Waals surface area contributed by atoms with Crippen LogP contribution in [0.2, 0.25) is 10.0 Å². The molecule has 0 saturated carbocycles. The van der Waals surface area contributed by atoms with E-state index in [4.69, 9.17) is 27.9 Å². The van der Waals surface area contributed by atoms with Gasteiger partial charge in [0.2, 0.25) is 15.9 Å². The Hall–Kier alpha value is -1.91. The Kier molecular flexibility index (Phi) is 8.46. The summed E-state index contributed by atoms with van der Waals surface area (Å²) in [5.74, 6) is 0.184. The number of likely N-dealkylation sites (N-methyl/N-ethyl adjacent to an activating group) is 1. The summed E-state index contributed by atoms with van der Waals surface area (Å²) in [4.78, 5) is 17.3. The van der Waals surface area contributed by atoms with E-state index in [0.717, 1.165) is 13.1 Å². The van der Waals surface area contributed by atoms with Gasteiger partial charge in [-0.3, -0.25) is 4.79 Å². The zero-order valence-corrected chi connectivity index (χ0v) is 22.5. The third kappa shape index (κ3) is 6.14. The first-order chi connectivity index (χ1) is 17.1. The molecule has 2 aliphatic rings. The van der Waals surface area contributed by atoms with Gasteiger partial charge in [0.15, 0.2) is 0 Å². The van der Waals surface area contributed by atoms with Gasteiger partial charge in [0.1, 0.15) is 16.5 Å². The molecule has 0 radical (unpaired) electrons. The molecule has 2 saturated heterocycles. The summed E-state index contributed by atoms with van der Waals surface area (Å²) in [5.41, 5.74) is -0.557. The highest BCUT2D eigenvalue weighted by Gasteiger charge is 2.42. The predicted molar refractivity (Wildman–Crippen MR) is 137 cm³/mol. The number of halogens is 3. The van der Waals surface area contributed by atoms with Gasteiger partial charge >= 0.3 is 0 Å². The number of sulfonamides is 1. The highest BCUT2D eigenvalue weighted by atomic mass is 35.5. The van der Waals surface area contributed by atoms with E-state index in [0.29, 0.717) is 31.7 Å². The molecule has 36 heavy (non-hydrogen) atoms. The first kappa shape index (κ1) is 27.1. The van der Waals surface area contributed by atoms with Crippen molar-refractivity contribution in [1.29, 1.82) is 0 Å². The van der Waals surface area contributed by atoms with Crippen molar-refractivity contribution in [1.82, 2.24) is 14.1 Å². The monoisotopic (exact) mass is 557 g/mol. The van der Waals surface area contributed by atoms with Gasteiger partial charge in [-0.05, 0) is 56.3 Å². The van der Waals surface area contributed by atoms with Crippen LogP contribution in [0.5, 0.6) is 5.75 Å². The van der Waals surface area contributed by atoms with Crippen molar-refractivity contribution in [2.75, 3.05) is 52.9 Å². The zero-order valence-electron chi connectivity index (χ0n) is 20.1. The SMILES string of the molecule is CN1CCN(C(=O)CC2(COc3ccc(F)cc3)CCN(S(=O)(=O)c3cccc(Cl)c3Cl)CC2)CC1. The summed E-state index contributed by atoms with van der Waals surface area (Å²) in [6.45, 7) is 3.62. The molecule has 2 aromatic carbocycles. The van der Waals surface area contributed by atoms with E-state index < -0.39 is 15.4 Å². The van der Waals surface area contributed by atoms with Crippen LogP contribution >= 0.6 is 23.2 Å². The number of piperidine rings is 1. The lowest BCUT2D eigenvalue weighted by Gasteiger charge is -2.42. The van der Waals surface area contributed by atoms with E-state index in [9.17, 15) is 17.6 Å². The molecule has 0 aliphatic carbocycles. The number of hydrogen-bond donors (Lipinski definition) is 0. The van der Waals surface area contributed by atoms with Crippen molar-refractivity contribution in [2.24, 2.45) is 5.41 Å². The van der Waals surface area contributed by atoms with Crippen LogP contribution in [0.4, 0.5) is 4.39 Å². The maximum atomic E-state index is 13.3. The average Bonchev–Trinajstić information content (AvgIpc) is 2.86. The zero-order chi connectivity index (χ0) is 25.9. The summed E-state index contributed by atoms with van der Waals surface area (Å²) in [5, 5.41) is 0.176. The molecule has 4 rings (SSSR count). The van der Waals surface area contributed by atoms with E-state index in [1.54, 1.807) is 24.3 Å². The summed E-state index contributed by atoms with van der Waals surface area (Å²) in [6.07, 6.45) is 1.12. The van der Waals surface area contributed by atoms with E-state index in [1.165, 1.54) is 22.5 Å². The molecule has 0 N–H and O–H groups in total. The normalized spacial score (nSPS) is 19.3. The van der Waals surface area contributed by atoms with Gasteiger partial charge in [-0.15, -0.1) is 0 Å². The van der Waals surface area contributed by atoms with E-state index in [2.05, 4.69) is 4.90 Å². The Balaban J connectivity index is 1.50. The second-order valence-corrected chi connectivity index (χ2v) is 12.3. The molecule has 0 unspecified atom stereocenters. The number of ether oxygens (including phenoxy) is 1. The molecule has 2 heterocycles. The number of benzene rings is 2. The molecule has 0 atom stereocenters. The van der Waals surface area contributed by atoms with Crippen molar-refractivity contribution in [2.45, 2.75) is 24.2 Å². The molecule has 2 fully saturated rings. The van der Waals surface area contributed by atoms with E-state index in [-0.39, 0.29) is 52.8 Å². The summed E-state index contributed by atoms with van der Waals surface area (Å²) >= 11 is 12.3. The maximum absolute atomic E-state index is 13.3. The lowest BCUT2D eigenvalue weighted by atomic mass is 9.76. The molecule has 0 aromatic heterocycles. The minimum Gasteiger partial charge on any atom is -0.493 e. The fourth-order valence-electron chi connectivity index (χ4n) is 4.65. The van der Waals surface area contributed by atoms with Gasteiger partial charge in [0, 0.05) is 51.1 Å². The molecular weight excluding hydrogens is 528 g/mol. The van der Waals surface area contributed by atoms with Crippen LogP contribution in [0.3, 0.4) is 0 Å². The third-order valence-corrected chi connectivity index (χ3v) is 9.93. The Bertz CT molecular complexity index is 1180. The van der Waals surface area contributed by atoms with Crippen LogP contribution < -0.4 is 4.74 Å². The smallest absolute Gasteiger partial charge is 0.244 e. The van der Waals surface area contributed by atoms with Crippen molar-refractivity contribution in [3.05, 3.63) is 58.3 Å². The minimum atomic E-state index is -3.86. The molecule has 11 heteroatoms. The number of carbonyl (C=O) groups excluding carboxylic acids is 1. The summed E-state index contributed by atoms with van der Waals surface area (Å²) in [7, 11) is -1.83. The molecule has 1 amide bonds. The highest BCUT2D eigenvalue weighted by Crippen LogP contribution is 2.39. The number of amides is 1. The van der Waals surface area contributed by atoms with Gasteiger partial charge in [-0.2, -0.15) is 4.31 Å². The number of rotatable bonds is 7. The first-order valence-corrected chi connectivity index (χ1v) is 14.1. The van der Waals surface area contributed by atoms with Gasteiger partial charge in [-0.1, -0.05) is 29.3 Å². The second-order valence-electron chi connectivity index (χ2n) is 9.56. The van der Waals surface area contributed by atoms with Gasteiger partial charge < -0.3 is 14.5 Å². The highest BCUT2D eigenvalue weighted by molar-refractivity contribution is 7.89. The largest absolute Gasteiger partial charge is 0.493 e. The lowest BCUT2D eigenvalue weighted by molar-refractivity contribution is -0.136. The topological polar surface area (TPSA) is 70.2 Å². The Morgan fingerprint density at radius 1 is 1.00 bits per heavy atom. The van der Waals surface area contributed by atoms with Crippen molar-refractivity contribution < 1.29 is 22.3 Å². The molecule has 7 nitrogen and oxygen atoms in total. The fraction of sp³-hybridized carbons (Fsp3) is 0.480. The predicted octanol–water partition coefficient (Wildman–Crippen LogP) is 4.15. The minimum absolute atomic E-state index is 0.000825. The fourth-order valence-corrected chi connectivity index (χ4v) is 6.83. The van der Waals surface area contributed by atoms with Crippen LogP contribution in [0, 0.1) is 11.2 Å². The molecule has 0 bridgehead atoms. The van der Waals surface area contributed by atoms with Gasteiger partial charge in [0.25, 0.3) is 0 Å². The molecular formula is C25H30Cl2FN3O4S. The van der Waals surface area contributed by atoms with Gasteiger partial charge in [-0.25, -0.2) is 12.8 Å². The third-order valence-electron chi connectivity index (χ3n) is 7.06. The number of carbonyl (C=O) groups is 1. The molecule has 2 aliphatic heterocycles. The lowest BCUT2D eigenvalue weighted by Crippen LogP contribution is -2.51. The first-order valence-electron chi connectivity index (χ1n) is 11.9. The Labute approximate surface area is 221 Å². The van der Waals surface area contributed by atoms with Crippen molar-refractivity contribution >= 4 is 39.1 Å². The number of hydrogen-bond acceptors (Lipinski definition) is 5. The average molecular weight is 559 g/mol. The quantitative estimate of drug-likeness (QED) is 0.511. The number of nitrogens with zero attached hydrogens (tertiary/aromatic N) is 3. The summed E-state index contributed by atoms with van der Waals surface area (Å²) in [6, 6.07) is 10.3. The van der Waals surface area contributed by atoms with E-state index in [1.807, 2.05) is 11.9 Å². The molecule has 2 aromatic rings. The second kappa shape index (κ2) is 11.2. The molecule has 0 spiro atoms. The molecule has 196 valence electrons. The van der Waals surface area contributed by atoms with Crippen LogP contribution in [0.25, 0.3) is 0 Å². The maximum Gasteiger partial charge on any atom is 0.244 e.